The zero-order valence-corrected chi connectivity index (χ0v) is 13.8. The van der Waals surface area contributed by atoms with E-state index in [1.807, 2.05) is 30.3 Å². The molecule has 25 heavy (non-hydrogen) atoms. The monoisotopic (exact) mass is 340 g/mol. The first-order valence-corrected chi connectivity index (χ1v) is 8.48. The van der Waals surface area contributed by atoms with Gasteiger partial charge in [-0.15, -0.1) is 0 Å². The fourth-order valence-corrected chi connectivity index (χ4v) is 3.15. The third-order valence-electron chi connectivity index (χ3n) is 4.40. The topological polar surface area (TPSA) is 107 Å². The number of piperidine rings is 1. The Kier molecular flexibility index (Phi) is 4.53. The maximum Gasteiger partial charge on any atom is 0.244 e. The molecule has 4 rings (SSSR count). The van der Waals surface area contributed by atoms with Gasteiger partial charge in [0, 0.05) is 5.56 Å². The van der Waals surface area contributed by atoms with E-state index in [2.05, 4.69) is 25.2 Å². The first kappa shape index (κ1) is 15.9. The van der Waals surface area contributed by atoms with Gasteiger partial charge >= 0.3 is 0 Å². The van der Waals surface area contributed by atoms with Crippen LogP contribution in [0.1, 0.15) is 42.9 Å². The Labute approximate surface area is 145 Å². The molecule has 3 heterocycles. The fourth-order valence-electron chi connectivity index (χ4n) is 3.15. The molecule has 1 fully saturated rings. The van der Waals surface area contributed by atoms with Crippen molar-refractivity contribution in [2.75, 3.05) is 6.54 Å². The Morgan fingerprint density at radius 3 is 2.76 bits per heavy atom. The molecule has 130 valence electrons. The highest BCUT2D eigenvalue weighted by molar-refractivity contribution is 5.53. The molecule has 0 radical (unpaired) electrons. The summed E-state index contributed by atoms with van der Waals surface area (Å²) in [5, 5.41) is 8.13. The lowest BCUT2D eigenvalue weighted by atomic mass is 10.0. The molecule has 2 N–H and O–H groups in total. The Bertz CT molecular complexity index is 815. The zero-order valence-electron chi connectivity index (χ0n) is 13.8. The highest BCUT2D eigenvalue weighted by Crippen LogP contribution is 2.31. The molecule has 1 unspecified atom stereocenters. The molecule has 1 atom stereocenters. The number of hydrogen-bond acceptors (Lipinski definition) is 8. The van der Waals surface area contributed by atoms with Gasteiger partial charge in [0.05, 0.1) is 19.1 Å². The van der Waals surface area contributed by atoms with Crippen molar-refractivity contribution < 1.29 is 9.05 Å². The molecule has 0 spiro atoms. The van der Waals surface area contributed by atoms with Crippen molar-refractivity contribution in [3.63, 3.8) is 0 Å². The summed E-state index contributed by atoms with van der Waals surface area (Å²) in [7, 11) is 0. The van der Waals surface area contributed by atoms with Crippen LogP contribution >= 0.6 is 0 Å². The van der Waals surface area contributed by atoms with Crippen molar-refractivity contribution in [2.45, 2.75) is 38.4 Å². The van der Waals surface area contributed by atoms with E-state index in [0.717, 1.165) is 31.4 Å². The van der Waals surface area contributed by atoms with Crippen LogP contribution in [0.5, 0.6) is 0 Å². The smallest absolute Gasteiger partial charge is 0.244 e. The highest BCUT2D eigenvalue weighted by Gasteiger charge is 2.30. The quantitative estimate of drug-likeness (QED) is 0.754. The van der Waals surface area contributed by atoms with Gasteiger partial charge in [0.1, 0.15) is 0 Å². The number of benzene rings is 1. The summed E-state index contributed by atoms with van der Waals surface area (Å²) < 4.78 is 10.7. The van der Waals surface area contributed by atoms with Gasteiger partial charge in [0.25, 0.3) is 0 Å². The summed E-state index contributed by atoms with van der Waals surface area (Å²) in [6, 6.07) is 9.90. The van der Waals surface area contributed by atoms with Gasteiger partial charge in [-0.05, 0) is 19.4 Å². The molecule has 8 nitrogen and oxygen atoms in total. The third kappa shape index (κ3) is 3.45. The Morgan fingerprint density at radius 1 is 1.08 bits per heavy atom. The second-order valence-electron chi connectivity index (χ2n) is 6.11. The first-order valence-electron chi connectivity index (χ1n) is 8.48. The fraction of sp³-hybridized carbons (Fsp3) is 0.412. The van der Waals surface area contributed by atoms with Crippen molar-refractivity contribution in [1.82, 2.24) is 25.2 Å². The lowest BCUT2D eigenvalue weighted by Crippen LogP contribution is -2.33. The molecule has 1 saturated heterocycles. The Balaban J connectivity index is 1.54. The summed E-state index contributed by atoms with van der Waals surface area (Å²) in [5.74, 6) is 2.34. The first-order chi connectivity index (χ1) is 12.3. The number of nitrogens with two attached hydrogens (primary N) is 1. The molecule has 1 aliphatic heterocycles. The maximum atomic E-state index is 5.57. The van der Waals surface area contributed by atoms with E-state index >= 15 is 0 Å². The van der Waals surface area contributed by atoms with Crippen LogP contribution < -0.4 is 5.73 Å². The van der Waals surface area contributed by atoms with E-state index < -0.39 is 0 Å². The van der Waals surface area contributed by atoms with E-state index in [1.54, 1.807) is 0 Å². The summed E-state index contributed by atoms with van der Waals surface area (Å²) in [5.41, 5.74) is 6.48. The normalized spacial score (nSPS) is 18.5. The van der Waals surface area contributed by atoms with Crippen LogP contribution in [-0.2, 0) is 13.1 Å². The molecule has 8 heteroatoms. The molecule has 3 aromatic rings. The second-order valence-corrected chi connectivity index (χ2v) is 6.11. The summed E-state index contributed by atoms with van der Waals surface area (Å²) in [6.07, 6.45) is 3.22. The van der Waals surface area contributed by atoms with Crippen LogP contribution in [0.4, 0.5) is 0 Å². The molecular formula is C17H20N6O2. The predicted molar refractivity (Wildman–Crippen MR) is 88.9 cm³/mol. The van der Waals surface area contributed by atoms with Gasteiger partial charge in [-0.25, -0.2) is 0 Å². The highest BCUT2D eigenvalue weighted by atomic mass is 16.5. The van der Waals surface area contributed by atoms with Gasteiger partial charge in [-0.2, -0.15) is 9.97 Å². The van der Waals surface area contributed by atoms with Gasteiger partial charge < -0.3 is 14.8 Å². The van der Waals surface area contributed by atoms with Crippen LogP contribution in [0.2, 0.25) is 0 Å². The summed E-state index contributed by atoms with van der Waals surface area (Å²) in [4.78, 5) is 11.2. The SMILES string of the molecule is NCc1nc(CN2CCCCC2c2nc(-c3ccccc3)no2)no1. The molecule has 1 aromatic carbocycles. The molecule has 0 amide bonds. The van der Waals surface area contributed by atoms with Crippen molar-refractivity contribution in [3.8, 4) is 11.4 Å². The van der Waals surface area contributed by atoms with E-state index in [-0.39, 0.29) is 12.6 Å². The van der Waals surface area contributed by atoms with Crippen molar-refractivity contribution in [2.24, 2.45) is 5.73 Å². The van der Waals surface area contributed by atoms with E-state index in [1.165, 1.54) is 0 Å². The molecule has 0 aliphatic carbocycles. The van der Waals surface area contributed by atoms with Crippen molar-refractivity contribution >= 4 is 0 Å². The maximum absolute atomic E-state index is 5.57. The van der Waals surface area contributed by atoms with Gasteiger partial charge in [-0.3, -0.25) is 4.90 Å². The number of likely N-dealkylation sites (tertiary alicyclic amines) is 1. The second kappa shape index (κ2) is 7.12. The minimum Gasteiger partial charge on any atom is -0.338 e. The molecule has 1 aliphatic rings. The lowest BCUT2D eigenvalue weighted by Gasteiger charge is -2.32. The number of nitrogens with zero attached hydrogens (tertiary/aromatic N) is 5. The minimum atomic E-state index is 0.0681. The molecular weight excluding hydrogens is 320 g/mol. The Morgan fingerprint density at radius 2 is 1.96 bits per heavy atom. The van der Waals surface area contributed by atoms with Crippen LogP contribution in [-0.4, -0.2) is 31.7 Å². The van der Waals surface area contributed by atoms with Gasteiger partial charge in [0.2, 0.25) is 17.6 Å². The van der Waals surface area contributed by atoms with Gasteiger partial charge in [-0.1, -0.05) is 47.1 Å². The molecule has 2 aromatic heterocycles. The number of rotatable bonds is 5. The Hall–Kier alpha value is -2.58. The molecule has 0 saturated carbocycles. The van der Waals surface area contributed by atoms with E-state index in [4.69, 9.17) is 14.8 Å². The minimum absolute atomic E-state index is 0.0681. The predicted octanol–water partition coefficient (Wildman–Crippen LogP) is 2.31. The van der Waals surface area contributed by atoms with Crippen LogP contribution in [0, 0.1) is 0 Å². The largest absolute Gasteiger partial charge is 0.338 e. The number of hydrogen-bond donors (Lipinski definition) is 1. The van der Waals surface area contributed by atoms with E-state index in [0.29, 0.717) is 30.0 Å². The van der Waals surface area contributed by atoms with Gasteiger partial charge in [0.15, 0.2) is 5.82 Å². The van der Waals surface area contributed by atoms with E-state index in [9.17, 15) is 0 Å². The summed E-state index contributed by atoms with van der Waals surface area (Å²) >= 11 is 0. The number of aromatic nitrogens is 4. The lowest BCUT2D eigenvalue weighted by molar-refractivity contribution is 0.107. The van der Waals surface area contributed by atoms with Crippen LogP contribution in [0.15, 0.2) is 39.4 Å². The average molecular weight is 340 g/mol. The average Bonchev–Trinajstić information content (AvgIpc) is 3.32. The van der Waals surface area contributed by atoms with Crippen LogP contribution in [0.3, 0.4) is 0 Å². The summed E-state index contributed by atoms with van der Waals surface area (Å²) in [6.45, 7) is 1.76. The standard InChI is InChI=1S/C17H20N6O2/c18-10-15-19-14(21-24-15)11-23-9-5-4-8-13(23)17-20-16(22-25-17)12-6-2-1-3-7-12/h1-3,6-7,13H,4-5,8-11,18H2. The third-order valence-corrected chi connectivity index (χ3v) is 4.40. The zero-order chi connectivity index (χ0) is 17.1. The molecule has 0 bridgehead atoms. The van der Waals surface area contributed by atoms with Crippen molar-refractivity contribution in [1.29, 1.82) is 0 Å². The van der Waals surface area contributed by atoms with Crippen LogP contribution in [0.25, 0.3) is 11.4 Å². The van der Waals surface area contributed by atoms with Crippen molar-refractivity contribution in [3.05, 3.63) is 47.9 Å².